The maximum Gasteiger partial charge on any atom is 0.140 e. The molecular formula is C20H27NO. The van der Waals surface area contributed by atoms with Crippen LogP contribution in [0.3, 0.4) is 0 Å². The highest BCUT2D eigenvalue weighted by Crippen LogP contribution is 2.38. The van der Waals surface area contributed by atoms with Gasteiger partial charge in [0.1, 0.15) is 5.78 Å². The first kappa shape index (κ1) is 16.7. The Hall–Kier alpha value is -1.62. The van der Waals surface area contributed by atoms with Crippen molar-refractivity contribution in [2.75, 3.05) is 0 Å². The molecule has 1 saturated carbocycles. The molecule has 2 rings (SSSR count). The largest absolute Gasteiger partial charge is 0.299 e. The van der Waals surface area contributed by atoms with E-state index in [0.29, 0.717) is 36.4 Å². The van der Waals surface area contributed by atoms with Crippen molar-refractivity contribution >= 4 is 5.78 Å². The van der Waals surface area contributed by atoms with Gasteiger partial charge in [-0.2, -0.15) is 5.26 Å². The fraction of sp³-hybridized carbons (Fsp3) is 0.600. The van der Waals surface area contributed by atoms with Gasteiger partial charge in [0.2, 0.25) is 0 Å². The summed E-state index contributed by atoms with van der Waals surface area (Å²) < 4.78 is 0. The van der Waals surface area contributed by atoms with Crippen LogP contribution in [-0.2, 0) is 17.6 Å². The molecule has 0 saturated heterocycles. The molecule has 118 valence electrons. The third-order valence-corrected chi connectivity index (χ3v) is 5.12. The zero-order valence-electron chi connectivity index (χ0n) is 14.0. The van der Waals surface area contributed by atoms with E-state index < -0.39 is 0 Å². The number of Topliss-reactive ketones (excluding diaryl/α,β-unsaturated/α-hetero) is 1. The number of nitriles is 1. The minimum atomic E-state index is 0.225. The number of carbonyl (C=O) groups excluding carboxylic acids is 1. The highest BCUT2D eigenvalue weighted by atomic mass is 16.1. The molecule has 0 amide bonds. The summed E-state index contributed by atoms with van der Waals surface area (Å²) in [5, 5.41) is 8.71. The summed E-state index contributed by atoms with van der Waals surface area (Å²) in [5.74, 6) is 2.42. The number of hydrogen-bond acceptors (Lipinski definition) is 2. The Labute approximate surface area is 134 Å². The van der Waals surface area contributed by atoms with Crippen molar-refractivity contribution in [3.8, 4) is 6.07 Å². The predicted molar refractivity (Wildman–Crippen MR) is 89.3 cm³/mol. The summed E-state index contributed by atoms with van der Waals surface area (Å²) in [6.45, 7) is 6.77. The molecular weight excluding hydrogens is 270 g/mol. The van der Waals surface area contributed by atoms with E-state index in [9.17, 15) is 4.79 Å². The van der Waals surface area contributed by atoms with Gasteiger partial charge in [0, 0.05) is 12.3 Å². The molecule has 3 atom stereocenters. The van der Waals surface area contributed by atoms with E-state index in [2.05, 4.69) is 26.8 Å². The molecule has 1 aliphatic carbocycles. The van der Waals surface area contributed by atoms with Gasteiger partial charge in [0.15, 0.2) is 0 Å². The fourth-order valence-corrected chi connectivity index (χ4v) is 3.77. The smallest absolute Gasteiger partial charge is 0.140 e. The van der Waals surface area contributed by atoms with Crippen LogP contribution >= 0.6 is 0 Å². The topological polar surface area (TPSA) is 40.9 Å². The van der Waals surface area contributed by atoms with E-state index in [4.69, 9.17) is 5.26 Å². The van der Waals surface area contributed by atoms with Gasteiger partial charge in [0.05, 0.1) is 12.5 Å². The van der Waals surface area contributed by atoms with Crippen LogP contribution in [0.4, 0.5) is 0 Å². The summed E-state index contributed by atoms with van der Waals surface area (Å²) >= 11 is 0. The van der Waals surface area contributed by atoms with Crippen molar-refractivity contribution in [2.45, 2.75) is 52.9 Å². The van der Waals surface area contributed by atoms with Crippen molar-refractivity contribution in [1.29, 1.82) is 5.26 Å². The summed E-state index contributed by atoms with van der Waals surface area (Å²) in [4.78, 5) is 12.8. The standard InChI is InChI=1S/C20H27NO/c1-14(2)18-9-4-15(3)12-19(18)20(22)13-17-7-5-16(6-8-17)10-11-21/h5-8,14-15,18-19H,4,9-10,12-13H2,1-3H3/t15?,18-,19?/m0/s1. The molecule has 1 aromatic carbocycles. The number of carbonyl (C=O) groups is 1. The van der Waals surface area contributed by atoms with E-state index in [-0.39, 0.29) is 5.92 Å². The molecule has 0 radical (unpaired) electrons. The molecule has 2 unspecified atom stereocenters. The lowest BCUT2D eigenvalue weighted by Gasteiger charge is -2.36. The average molecular weight is 297 g/mol. The van der Waals surface area contributed by atoms with Gasteiger partial charge in [-0.05, 0) is 41.7 Å². The zero-order chi connectivity index (χ0) is 16.1. The molecule has 0 spiro atoms. The van der Waals surface area contributed by atoms with Crippen LogP contribution in [0.25, 0.3) is 0 Å². The van der Waals surface area contributed by atoms with Gasteiger partial charge >= 0.3 is 0 Å². The van der Waals surface area contributed by atoms with Crippen LogP contribution in [0, 0.1) is 35.0 Å². The SMILES string of the molecule is CC1CC[C@@H](C(C)C)C(C(=O)Cc2ccc(CC#N)cc2)C1. The summed E-state index contributed by atoms with van der Waals surface area (Å²) in [7, 11) is 0. The quantitative estimate of drug-likeness (QED) is 0.798. The first-order valence-corrected chi connectivity index (χ1v) is 8.48. The van der Waals surface area contributed by atoms with Crippen LogP contribution in [0.1, 0.15) is 51.2 Å². The van der Waals surface area contributed by atoms with Crippen molar-refractivity contribution < 1.29 is 4.79 Å². The monoisotopic (exact) mass is 297 g/mol. The first-order chi connectivity index (χ1) is 10.5. The number of rotatable bonds is 5. The highest BCUT2D eigenvalue weighted by Gasteiger charge is 2.34. The normalized spacial score (nSPS) is 25.0. The maximum absolute atomic E-state index is 12.8. The van der Waals surface area contributed by atoms with Gasteiger partial charge in [-0.3, -0.25) is 4.79 Å². The van der Waals surface area contributed by atoms with Crippen molar-refractivity contribution in [3.63, 3.8) is 0 Å². The Kier molecular flexibility index (Phi) is 5.77. The predicted octanol–water partition coefficient (Wildman–Crippen LogP) is 4.57. The number of nitrogens with zero attached hydrogens (tertiary/aromatic N) is 1. The van der Waals surface area contributed by atoms with Crippen molar-refractivity contribution in [3.05, 3.63) is 35.4 Å². The molecule has 1 aromatic rings. The lowest BCUT2D eigenvalue weighted by Crippen LogP contribution is -2.34. The van der Waals surface area contributed by atoms with Gasteiger partial charge < -0.3 is 0 Å². The Morgan fingerprint density at radius 1 is 1.23 bits per heavy atom. The second-order valence-electron chi connectivity index (χ2n) is 7.23. The Bertz CT molecular complexity index is 538. The minimum absolute atomic E-state index is 0.225. The fourth-order valence-electron chi connectivity index (χ4n) is 3.77. The van der Waals surface area contributed by atoms with E-state index >= 15 is 0 Å². The van der Waals surface area contributed by atoms with Crippen molar-refractivity contribution in [2.24, 2.45) is 23.7 Å². The number of benzene rings is 1. The molecule has 0 N–H and O–H groups in total. The van der Waals surface area contributed by atoms with Gasteiger partial charge in [0.25, 0.3) is 0 Å². The molecule has 2 nitrogen and oxygen atoms in total. The second-order valence-corrected chi connectivity index (χ2v) is 7.23. The minimum Gasteiger partial charge on any atom is -0.299 e. The molecule has 1 fully saturated rings. The number of hydrogen-bond donors (Lipinski definition) is 0. The zero-order valence-corrected chi connectivity index (χ0v) is 14.0. The maximum atomic E-state index is 12.8. The highest BCUT2D eigenvalue weighted by molar-refractivity contribution is 5.83. The summed E-state index contributed by atoms with van der Waals surface area (Å²) in [6, 6.07) is 10.1. The van der Waals surface area contributed by atoms with E-state index in [1.807, 2.05) is 24.3 Å². The third kappa shape index (κ3) is 4.19. The average Bonchev–Trinajstić information content (AvgIpc) is 2.49. The Balaban J connectivity index is 2.04. The Morgan fingerprint density at radius 3 is 2.45 bits per heavy atom. The van der Waals surface area contributed by atoms with Crippen LogP contribution in [-0.4, -0.2) is 5.78 Å². The van der Waals surface area contributed by atoms with Crippen LogP contribution < -0.4 is 0 Å². The van der Waals surface area contributed by atoms with E-state index in [0.717, 1.165) is 17.5 Å². The van der Waals surface area contributed by atoms with Crippen LogP contribution in [0.5, 0.6) is 0 Å². The van der Waals surface area contributed by atoms with E-state index in [1.54, 1.807) is 0 Å². The lowest BCUT2D eigenvalue weighted by molar-refractivity contribution is -0.126. The molecule has 22 heavy (non-hydrogen) atoms. The number of ketones is 1. The molecule has 0 aliphatic heterocycles. The van der Waals surface area contributed by atoms with E-state index in [1.165, 1.54) is 12.8 Å². The van der Waals surface area contributed by atoms with Crippen LogP contribution in [0.2, 0.25) is 0 Å². The second kappa shape index (κ2) is 7.58. The van der Waals surface area contributed by atoms with Gasteiger partial charge in [-0.1, -0.05) is 51.5 Å². The molecule has 0 heterocycles. The third-order valence-electron chi connectivity index (χ3n) is 5.12. The van der Waals surface area contributed by atoms with Gasteiger partial charge in [-0.25, -0.2) is 0 Å². The molecule has 1 aliphatic rings. The molecule has 2 heteroatoms. The summed E-state index contributed by atoms with van der Waals surface area (Å²) in [6.07, 6.45) is 4.47. The lowest BCUT2D eigenvalue weighted by atomic mass is 9.68. The van der Waals surface area contributed by atoms with Crippen LogP contribution in [0.15, 0.2) is 24.3 Å². The van der Waals surface area contributed by atoms with Crippen molar-refractivity contribution in [1.82, 2.24) is 0 Å². The first-order valence-electron chi connectivity index (χ1n) is 8.48. The molecule has 0 bridgehead atoms. The molecule has 0 aromatic heterocycles. The Morgan fingerprint density at radius 2 is 1.86 bits per heavy atom. The summed E-state index contributed by atoms with van der Waals surface area (Å²) in [5.41, 5.74) is 2.09. The van der Waals surface area contributed by atoms with Gasteiger partial charge in [-0.15, -0.1) is 0 Å².